The third-order valence-electron chi connectivity index (χ3n) is 3.29. The lowest BCUT2D eigenvalue weighted by Gasteiger charge is -2.25. The zero-order valence-electron chi connectivity index (χ0n) is 11.5. The molecule has 1 aromatic heterocycles. The van der Waals surface area contributed by atoms with E-state index >= 15 is 0 Å². The number of likely N-dealkylation sites (N-methyl/N-ethyl adjacent to an activating group) is 1. The molecule has 1 saturated heterocycles. The molecule has 1 aliphatic heterocycles. The summed E-state index contributed by atoms with van der Waals surface area (Å²) in [4.78, 5) is 29.0. The van der Waals surface area contributed by atoms with Crippen LogP contribution in [0.25, 0.3) is 0 Å². The van der Waals surface area contributed by atoms with Gasteiger partial charge in [-0.3, -0.25) is 4.79 Å². The van der Waals surface area contributed by atoms with Gasteiger partial charge in [-0.15, -0.1) is 0 Å². The van der Waals surface area contributed by atoms with Crippen molar-refractivity contribution in [2.24, 2.45) is 0 Å². The van der Waals surface area contributed by atoms with E-state index in [0.29, 0.717) is 17.4 Å². The zero-order valence-corrected chi connectivity index (χ0v) is 12.3. The third-order valence-corrected chi connectivity index (χ3v) is 3.52. The molecule has 2 heterocycles. The number of carboxylic acid groups (broad SMARTS) is 1. The van der Waals surface area contributed by atoms with E-state index in [1.54, 1.807) is 24.1 Å². The SMILES string of the molecule is CN(CC(=O)NC1(C(=O)O)CCOC1)c1ccc(Cl)cn1. The molecular weight excluding hydrogens is 298 g/mol. The molecule has 21 heavy (non-hydrogen) atoms. The Balaban J connectivity index is 1.97. The highest BCUT2D eigenvalue weighted by molar-refractivity contribution is 6.30. The van der Waals surface area contributed by atoms with E-state index in [1.807, 2.05) is 0 Å². The first-order valence-electron chi connectivity index (χ1n) is 6.38. The summed E-state index contributed by atoms with van der Waals surface area (Å²) in [5.41, 5.74) is -1.33. The molecule has 0 radical (unpaired) electrons. The number of amides is 1. The van der Waals surface area contributed by atoms with E-state index in [0.717, 1.165) is 0 Å². The molecule has 7 nitrogen and oxygen atoms in total. The van der Waals surface area contributed by atoms with Gasteiger partial charge in [0.15, 0.2) is 5.54 Å². The third kappa shape index (κ3) is 3.62. The van der Waals surface area contributed by atoms with Gasteiger partial charge in [-0.1, -0.05) is 11.6 Å². The molecule has 0 aromatic carbocycles. The summed E-state index contributed by atoms with van der Waals surface area (Å²) < 4.78 is 5.09. The number of nitrogens with one attached hydrogen (secondary N) is 1. The van der Waals surface area contributed by atoms with Crippen LogP contribution in [0.15, 0.2) is 18.3 Å². The molecule has 8 heteroatoms. The molecule has 1 unspecified atom stereocenters. The van der Waals surface area contributed by atoms with Crippen molar-refractivity contribution in [3.63, 3.8) is 0 Å². The van der Waals surface area contributed by atoms with E-state index in [4.69, 9.17) is 16.3 Å². The van der Waals surface area contributed by atoms with Crippen LogP contribution in [0.1, 0.15) is 6.42 Å². The zero-order chi connectivity index (χ0) is 15.5. The quantitative estimate of drug-likeness (QED) is 0.824. The number of anilines is 1. The Labute approximate surface area is 126 Å². The maximum Gasteiger partial charge on any atom is 0.331 e. The van der Waals surface area contributed by atoms with Crippen LogP contribution >= 0.6 is 11.6 Å². The number of carboxylic acids is 1. The first-order chi connectivity index (χ1) is 9.93. The van der Waals surface area contributed by atoms with Gasteiger partial charge in [-0.2, -0.15) is 0 Å². The maximum atomic E-state index is 12.0. The average molecular weight is 314 g/mol. The van der Waals surface area contributed by atoms with Crippen molar-refractivity contribution in [2.45, 2.75) is 12.0 Å². The second-order valence-electron chi connectivity index (χ2n) is 4.93. The fourth-order valence-corrected chi connectivity index (χ4v) is 2.19. The van der Waals surface area contributed by atoms with Crippen LogP contribution in [-0.2, 0) is 14.3 Å². The number of carbonyl (C=O) groups is 2. The summed E-state index contributed by atoms with van der Waals surface area (Å²) in [5, 5.41) is 12.3. The van der Waals surface area contributed by atoms with E-state index in [-0.39, 0.29) is 19.6 Å². The standard InChI is InChI=1S/C13H16ClN3O4/c1-17(10-3-2-9(14)6-15-10)7-11(18)16-13(12(19)20)4-5-21-8-13/h2-3,6H,4-5,7-8H2,1H3,(H,16,18)(H,19,20). The van der Waals surface area contributed by atoms with Crippen molar-refractivity contribution in [3.8, 4) is 0 Å². The Morgan fingerprint density at radius 3 is 2.86 bits per heavy atom. The van der Waals surface area contributed by atoms with Gasteiger partial charge in [0.25, 0.3) is 0 Å². The topological polar surface area (TPSA) is 91.8 Å². The highest BCUT2D eigenvalue weighted by atomic mass is 35.5. The highest BCUT2D eigenvalue weighted by Gasteiger charge is 2.43. The van der Waals surface area contributed by atoms with Crippen molar-refractivity contribution < 1.29 is 19.4 Å². The highest BCUT2D eigenvalue weighted by Crippen LogP contribution is 2.19. The van der Waals surface area contributed by atoms with Gasteiger partial charge in [-0.05, 0) is 12.1 Å². The Kier molecular flexibility index (Phi) is 4.64. The van der Waals surface area contributed by atoms with Gasteiger partial charge in [0, 0.05) is 26.3 Å². The fraction of sp³-hybridized carbons (Fsp3) is 0.462. The minimum absolute atomic E-state index is 0.0103. The van der Waals surface area contributed by atoms with Gasteiger partial charge >= 0.3 is 5.97 Å². The van der Waals surface area contributed by atoms with Gasteiger partial charge in [-0.25, -0.2) is 9.78 Å². The first-order valence-corrected chi connectivity index (χ1v) is 6.76. The summed E-state index contributed by atoms with van der Waals surface area (Å²) in [5.74, 6) is -0.913. The van der Waals surface area contributed by atoms with E-state index in [2.05, 4.69) is 10.3 Å². The van der Waals surface area contributed by atoms with E-state index in [1.165, 1.54) is 6.20 Å². The maximum absolute atomic E-state index is 12.0. The summed E-state index contributed by atoms with van der Waals surface area (Å²) in [6.45, 7) is 0.293. The minimum atomic E-state index is -1.33. The normalized spacial score (nSPS) is 21.0. The van der Waals surface area contributed by atoms with Crippen molar-refractivity contribution in [1.82, 2.24) is 10.3 Å². The second-order valence-corrected chi connectivity index (χ2v) is 5.37. The second kappa shape index (κ2) is 6.28. The number of halogens is 1. The molecule has 2 rings (SSSR count). The summed E-state index contributed by atoms with van der Waals surface area (Å²) >= 11 is 5.75. The van der Waals surface area contributed by atoms with Crippen LogP contribution in [-0.4, -0.2) is 54.3 Å². The lowest BCUT2D eigenvalue weighted by Crippen LogP contribution is -2.57. The number of ether oxygens (including phenoxy) is 1. The number of hydrogen-bond acceptors (Lipinski definition) is 5. The lowest BCUT2D eigenvalue weighted by molar-refractivity contribution is -0.147. The van der Waals surface area contributed by atoms with Gasteiger partial charge in [0.05, 0.1) is 18.2 Å². The number of carbonyl (C=O) groups excluding carboxylic acids is 1. The van der Waals surface area contributed by atoms with Gasteiger partial charge in [0.1, 0.15) is 5.82 Å². The number of aromatic nitrogens is 1. The average Bonchev–Trinajstić information content (AvgIpc) is 2.89. The smallest absolute Gasteiger partial charge is 0.331 e. The van der Waals surface area contributed by atoms with Crippen LogP contribution in [0.2, 0.25) is 5.02 Å². The molecule has 1 atom stereocenters. The Morgan fingerprint density at radius 2 is 2.33 bits per heavy atom. The van der Waals surface area contributed by atoms with Crippen LogP contribution in [0.4, 0.5) is 5.82 Å². The van der Waals surface area contributed by atoms with Crippen molar-refractivity contribution in [2.75, 3.05) is 31.7 Å². The molecule has 0 bridgehead atoms. The van der Waals surface area contributed by atoms with E-state index in [9.17, 15) is 14.7 Å². The molecule has 1 aromatic rings. The number of rotatable bonds is 5. The van der Waals surface area contributed by atoms with Gasteiger partial charge < -0.3 is 20.1 Å². The molecule has 114 valence electrons. The summed E-state index contributed by atoms with van der Waals surface area (Å²) in [6.07, 6.45) is 1.74. The lowest BCUT2D eigenvalue weighted by atomic mass is 9.99. The summed E-state index contributed by atoms with van der Waals surface area (Å²) in [6, 6.07) is 3.35. The predicted octanol–water partition coefficient (Wildman–Crippen LogP) is 0.531. The number of nitrogens with zero attached hydrogens (tertiary/aromatic N) is 2. The number of hydrogen-bond donors (Lipinski definition) is 2. The Hall–Kier alpha value is -1.86. The van der Waals surface area contributed by atoms with Crippen molar-refractivity contribution >= 4 is 29.3 Å². The minimum Gasteiger partial charge on any atom is -0.479 e. The molecule has 0 aliphatic carbocycles. The monoisotopic (exact) mass is 313 g/mol. The molecule has 1 amide bonds. The fourth-order valence-electron chi connectivity index (χ4n) is 2.08. The van der Waals surface area contributed by atoms with Crippen molar-refractivity contribution in [3.05, 3.63) is 23.4 Å². The molecule has 2 N–H and O–H groups in total. The molecular formula is C13H16ClN3O4. The molecule has 0 saturated carbocycles. The Morgan fingerprint density at radius 1 is 1.57 bits per heavy atom. The Bertz CT molecular complexity index is 529. The largest absolute Gasteiger partial charge is 0.479 e. The number of aliphatic carboxylic acids is 1. The van der Waals surface area contributed by atoms with Crippen LogP contribution < -0.4 is 10.2 Å². The first kappa shape index (κ1) is 15.5. The van der Waals surface area contributed by atoms with Crippen LogP contribution in [0, 0.1) is 0 Å². The van der Waals surface area contributed by atoms with Crippen molar-refractivity contribution in [1.29, 1.82) is 0 Å². The molecule has 0 spiro atoms. The molecule has 1 fully saturated rings. The number of pyridine rings is 1. The van der Waals surface area contributed by atoms with Crippen LogP contribution in [0.5, 0.6) is 0 Å². The van der Waals surface area contributed by atoms with E-state index < -0.39 is 17.4 Å². The summed E-state index contributed by atoms with van der Waals surface area (Å²) in [7, 11) is 1.69. The predicted molar refractivity (Wildman–Crippen MR) is 76.5 cm³/mol. The van der Waals surface area contributed by atoms with Gasteiger partial charge in [0.2, 0.25) is 5.91 Å². The molecule has 1 aliphatic rings. The van der Waals surface area contributed by atoms with Crippen LogP contribution in [0.3, 0.4) is 0 Å².